The van der Waals surface area contributed by atoms with Crippen LogP contribution in [0.15, 0.2) is 42.7 Å². The van der Waals surface area contributed by atoms with Gasteiger partial charge >= 0.3 is 5.92 Å². The van der Waals surface area contributed by atoms with Crippen molar-refractivity contribution in [1.82, 2.24) is 0 Å². The van der Waals surface area contributed by atoms with Crippen LogP contribution in [0.25, 0.3) is 0 Å². The summed E-state index contributed by atoms with van der Waals surface area (Å²) in [6, 6.07) is 9.40. The summed E-state index contributed by atoms with van der Waals surface area (Å²) in [7, 11) is 0. The first-order chi connectivity index (χ1) is 7.68. The van der Waals surface area contributed by atoms with Gasteiger partial charge in [0.05, 0.1) is 19.5 Å². The molecule has 0 aromatic heterocycles. The van der Waals surface area contributed by atoms with Crippen LogP contribution in [0.2, 0.25) is 0 Å². The van der Waals surface area contributed by atoms with Crippen molar-refractivity contribution in [2.75, 3.05) is 6.61 Å². The van der Waals surface area contributed by atoms with Crippen LogP contribution < -0.4 is 0 Å². The molecule has 0 spiro atoms. The van der Waals surface area contributed by atoms with Crippen LogP contribution in [-0.4, -0.2) is 18.6 Å². The molecular weight excluding hydrogens is 214 g/mol. The van der Waals surface area contributed by atoms with Gasteiger partial charge in [0.1, 0.15) is 0 Å². The second-order valence-corrected chi connectivity index (χ2v) is 3.60. The molecule has 2 nitrogen and oxygen atoms in total. The van der Waals surface area contributed by atoms with E-state index in [0.717, 1.165) is 17.9 Å². The predicted octanol–water partition coefficient (Wildman–Crippen LogP) is 2.75. The first-order valence-corrected chi connectivity index (χ1v) is 5.01. The SMILES string of the molecule is FC1(F)C=COC1COCc1ccccc1. The standard InChI is InChI=1S/C12H12F2O2/c13-12(14)6-7-16-11(12)9-15-8-10-4-2-1-3-5-10/h1-7,11H,8-9H2. The van der Waals surface area contributed by atoms with Crippen molar-refractivity contribution in [2.45, 2.75) is 18.6 Å². The predicted molar refractivity (Wildman–Crippen MR) is 55.1 cm³/mol. The zero-order valence-corrected chi connectivity index (χ0v) is 8.61. The van der Waals surface area contributed by atoms with Gasteiger partial charge in [0.2, 0.25) is 0 Å². The van der Waals surface area contributed by atoms with Crippen molar-refractivity contribution < 1.29 is 18.3 Å². The maximum absolute atomic E-state index is 13.0. The maximum Gasteiger partial charge on any atom is 0.307 e. The van der Waals surface area contributed by atoms with Crippen molar-refractivity contribution in [1.29, 1.82) is 0 Å². The van der Waals surface area contributed by atoms with Gasteiger partial charge in [-0.2, -0.15) is 8.78 Å². The molecule has 86 valence electrons. The molecular formula is C12H12F2O2. The van der Waals surface area contributed by atoms with E-state index in [1.54, 1.807) is 0 Å². The molecule has 1 heterocycles. The van der Waals surface area contributed by atoms with Crippen molar-refractivity contribution in [2.24, 2.45) is 0 Å². The number of alkyl halides is 2. The third-order valence-electron chi connectivity index (χ3n) is 2.34. The molecule has 2 rings (SSSR count). The van der Waals surface area contributed by atoms with Gasteiger partial charge in [0.25, 0.3) is 0 Å². The van der Waals surface area contributed by atoms with Crippen LogP contribution in [0, 0.1) is 0 Å². The lowest BCUT2D eigenvalue weighted by atomic mass is 10.2. The Kier molecular flexibility index (Phi) is 3.19. The van der Waals surface area contributed by atoms with Crippen molar-refractivity contribution >= 4 is 0 Å². The van der Waals surface area contributed by atoms with E-state index in [0.29, 0.717) is 6.61 Å². The number of rotatable bonds is 4. The second-order valence-electron chi connectivity index (χ2n) is 3.60. The molecule has 0 bridgehead atoms. The zero-order chi connectivity index (χ0) is 11.4. The van der Waals surface area contributed by atoms with Gasteiger partial charge < -0.3 is 9.47 Å². The minimum absolute atomic E-state index is 0.116. The first-order valence-electron chi connectivity index (χ1n) is 5.01. The quantitative estimate of drug-likeness (QED) is 0.785. The molecule has 16 heavy (non-hydrogen) atoms. The fourth-order valence-electron chi connectivity index (χ4n) is 1.43. The lowest BCUT2D eigenvalue weighted by Crippen LogP contribution is -2.33. The fourth-order valence-corrected chi connectivity index (χ4v) is 1.43. The summed E-state index contributed by atoms with van der Waals surface area (Å²) < 4.78 is 36.0. The van der Waals surface area contributed by atoms with E-state index in [9.17, 15) is 8.78 Å². The van der Waals surface area contributed by atoms with Crippen LogP contribution in [0.3, 0.4) is 0 Å². The monoisotopic (exact) mass is 226 g/mol. The van der Waals surface area contributed by atoms with Gasteiger partial charge in [-0.25, -0.2) is 0 Å². The van der Waals surface area contributed by atoms with Gasteiger partial charge in [-0.1, -0.05) is 30.3 Å². The van der Waals surface area contributed by atoms with Gasteiger partial charge in [0, 0.05) is 6.08 Å². The minimum Gasteiger partial charge on any atom is -0.489 e. The Morgan fingerprint density at radius 3 is 2.62 bits per heavy atom. The number of hydrogen-bond acceptors (Lipinski definition) is 2. The molecule has 0 saturated carbocycles. The summed E-state index contributed by atoms with van der Waals surface area (Å²) in [6.07, 6.45) is 0.580. The Morgan fingerprint density at radius 1 is 1.25 bits per heavy atom. The summed E-state index contributed by atoms with van der Waals surface area (Å²) in [4.78, 5) is 0. The Labute approximate surface area is 92.5 Å². The van der Waals surface area contributed by atoms with E-state index in [4.69, 9.17) is 9.47 Å². The van der Waals surface area contributed by atoms with Crippen LogP contribution in [0.4, 0.5) is 8.78 Å². The van der Waals surface area contributed by atoms with Crippen LogP contribution >= 0.6 is 0 Å². The Balaban J connectivity index is 1.77. The smallest absolute Gasteiger partial charge is 0.307 e. The zero-order valence-electron chi connectivity index (χ0n) is 8.61. The Hall–Kier alpha value is -1.42. The Bertz CT molecular complexity index is 363. The summed E-state index contributed by atoms with van der Waals surface area (Å²) >= 11 is 0. The molecule has 0 aliphatic carbocycles. The van der Waals surface area contributed by atoms with Crippen LogP contribution in [0.1, 0.15) is 5.56 Å². The summed E-state index contributed by atoms with van der Waals surface area (Å²) in [5.41, 5.74) is 0.955. The van der Waals surface area contributed by atoms with Crippen molar-refractivity contribution in [3.8, 4) is 0 Å². The summed E-state index contributed by atoms with van der Waals surface area (Å²) in [5.74, 6) is -2.92. The fraction of sp³-hybridized carbons (Fsp3) is 0.333. The van der Waals surface area contributed by atoms with E-state index in [1.165, 1.54) is 0 Å². The van der Waals surface area contributed by atoms with E-state index in [1.807, 2.05) is 30.3 Å². The van der Waals surface area contributed by atoms with Gasteiger partial charge in [-0.15, -0.1) is 0 Å². The normalized spacial score (nSPS) is 22.0. The van der Waals surface area contributed by atoms with Crippen LogP contribution in [0.5, 0.6) is 0 Å². The third kappa shape index (κ3) is 2.58. The molecule has 4 heteroatoms. The van der Waals surface area contributed by atoms with Gasteiger partial charge in [-0.05, 0) is 5.56 Å². The molecule has 1 aliphatic rings. The molecule has 0 amide bonds. The second kappa shape index (κ2) is 4.61. The van der Waals surface area contributed by atoms with Gasteiger partial charge in [0.15, 0.2) is 6.10 Å². The molecule has 0 radical (unpaired) electrons. The van der Waals surface area contributed by atoms with E-state index >= 15 is 0 Å². The number of benzene rings is 1. The first kappa shape index (κ1) is 11.1. The molecule has 1 atom stereocenters. The lowest BCUT2D eigenvalue weighted by molar-refractivity contribution is -0.0894. The van der Waals surface area contributed by atoms with Gasteiger partial charge in [-0.3, -0.25) is 0 Å². The minimum atomic E-state index is -2.92. The highest BCUT2D eigenvalue weighted by Gasteiger charge is 2.42. The number of hydrogen-bond donors (Lipinski definition) is 0. The molecule has 1 unspecified atom stereocenters. The Morgan fingerprint density at radius 2 is 2.00 bits per heavy atom. The number of ether oxygens (including phenoxy) is 2. The van der Waals surface area contributed by atoms with Crippen molar-refractivity contribution in [3.05, 3.63) is 48.2 Å². The molecule has 1 aromatic rings. The maximum atomic E-state index is 13.0. The summed E-state index contributed by atoms with van der Waals surface area (Å²) in [5, 5.41) is 0. The molecule has 0 N–H and O–H groups in total. The van der Waals surface area contributed by atoms with E-state index < -0.39 is 12.0 Å². The topological polar surface area (TPSA) is 18.5 Å². The van der Waals surface area contributed by atoms with E-state index in [2.05, 4.69) is 0 Å². The molecule has 1 aliphatic heterocycles. The lowest BCUT2D eigenvalue weighted by Gasteiger charge is -2.17. The number of halogens is 2. The average molecular weight is 226 g/mol. The molecule has 0 fully saturated rings. The van der Waals surface area contributed by atoms with Crippen molar-refractivity contribution in [3.63, 3.8) is 0 Å². The average Bonchev–Trinajstić information content (AvgIpc) is 2.60. The highest BCUT2D eigenvalue weighted by atomic mass is 19.3. The van der Waals surface area contributed by atoms with E-state index in [-0.39, 0.29) is 6.61 Å². The van der Waals surface area contributed by atoms with Crippen LogP contribution in [-0.2, 0) is 16.1 Å². The largest absolute Gasteiger partial charge is 0.489 e. The summed E-state index contributed by atoms with van der Waals surface area (Å²) in [6.45, 7) is 0.200. The highest BCUT2D eigenvalue weighted by Crippen LogP contribution is 2.28. The highest BCUT2D eigenvalue weighted by molar-refractivity contribution is 5.13. The molecule has 0 saturated heterocycles. The third-order valence-corrected chi connectivity index (χ3v) is 2.34. The molecule has 1 aromatic carbocycles.